The van der Waals surface area contributed by atoms with E-state index >= 15 is 0 Å². The van der Waals surface area contributed by atoms with E-state index in [-0.39, 0.29) is 17.5 Å². The van der Waals surface area contributed by atoms with Crippen molar-refractivity contribution >= 4 is 47.2 Å². The Morgan fingerprint density at radius 3 is 1.98 bits per heavy atom. The highest BCUT2D eigenvalue weighted by Gasteiger charge is 2.48. The van der Waals surface area contributed by atoms with Crippen LogP contribution in [0.4, 0.5) is 11.4 Å². The van der Waals surface area contributed by atoms with Crippen LogP contribution in [0.3, 0.4) is 0 Å². The van der Waals surface area contributed by atoms with E-state index in [0.29, 0.717) is 35.3 Å². The average Bonchev–Trinajstić information content (AvgIpc) is 3.60. The van der Waals surface area contributed by atoms with Gasteiger partial charge in [0.05, 0.1) is 5.41 Å². The minimum absolute atomic E-state index is 0.00693. The first-order chi connectivity index (χ1) is 30.1. The largest absolute Gasteiger partial charge is 0.377 e. The van der Waals surface area contributed by atoms with Gasteiger partial charge in [0.2, 0.25) is 11.6 Å². The van der Waals surface area contributed by atoms with Crippen molar-refractivity contribution in [2.45, 2.75) is 83.4 Å². The molecule has 4 aromatic carbocycles. The second kappa shape index (κ2) is 17.2. The van der Waals surface area contributed by atoms with Gasteiger partial charge in [-0.2, -0.15) is 4.58 Å². The summed E-state index contributed by atoms with van der Waals surface area (Å²) in [5.74, 6) is -0.967. The number of hydrogen-bond acceptors (Lipinski definition) is 7. The fourth-order valence-corrected chi connectivity index (χ4v) is 11.0. The Hall–Kier alpha value is -5.61. The maximum absolute atomic E-state index is 14.6. The van der Waals surface area contributed by atoms with Gasteiger partial charge in [-0.3, -0.25) is 14.4 Å². The highest BCUT2D eigenvalue weighted by Crippen LogP contribution is 2.48. The second-order valence-electron chi connectivity index (χ2n) is 18.2. The molecule has 1 N–H and O–H groups in total. The van der Waals surface area contributed by atoms with Crippen molar-refractivity contribution in [1.82, 2.24) is 9.80 Å². The van der Waals surface area contributed by atoms with Gasteiger partial charge in [-0.05, 0) is 98.7 Å². The number of ketones is 2. The first kappa shape index (κ1) is 44.0. The number of rotatable bonds is 10. The van der Waals surface area contributed by atoms with Gasteiger partial charge in [0.1, 0.15) is 24.7 Å². The van der Waals surface area contributed by atoms with Gasteiger partial charge >= 0.3 is 0 Å². The van der Waals surface area contributed by atoms with Gasteiger partial charge in [0.15, 0.2) is 17.3 Å². The van der Waals surface area contributed by atoms with E-state index in [9.17, 15) is 19.5 Å². The quantitative estimate of drug-likeness (QED) is 0.0940. The van der Waals surface area contributed by atoms with Crippen LogP contribution in [0.1, 0.15) is 104 Å². The molecule has 3 aliphatic heterocycles. The molecule has 4 aliphatic rings. The molecule has 1 aliphatic carbocycles. The number of allylic oxidation sites excluding steroid dienone is 7. The number of carbonyl (C=O) groups is 3. The summed E-state index contributed by atoms with van der Waals surface area (Å²) in [4.78, 5) is 47.6. The van der Waals surface area contributed by atoms with Crippen LogP contribution in [-0.4, -0.2) is 81.6 Å². The monoisotopic (exact) mass is 859 g/mol. The zero-order valence-electron chi connectivity index (χ0n) is 37.7. The Labute approximate surface area is 378 Å². The molecular weight excluding hydrogens is 801 g/mol. The summed E-state index contributed by atoms with van der Waals surface area (Å²) in [6.07, 6.45) is 9.97. The third kappa shape index (κ3) is 7.58. The zero-order chi connectivity index (χ0) is 45.0. The molecule has 3 heterocycles. The minimum atomic E-state index is -1.07. The number of aliphatic hydroxyl groups is 1. The molecule has 8 nitrogen and oxygen atoms in total. The van der Waals surface area contributed by atoms with Crippen molar-refractivity contribution in [2.24, 2.45) is 5.92 Å². The Morgan fingerprint density at radius 2 is 1.38 bits per heavy atom. The number of aliphatic hydroxyl groups excluding tert-OH is 1. The van der Waals surface area contributed by atoms with Crippen molar-refractivity contribution in [3.63, 3.8) is 0 Å². The fraction of sp³-hybridized carbons (Fsp3) is 0.333. The normalized spacial score (nSPS) is 23.3. The highest BCUT2D eigenvalue weighted by molar-refractivity contribution is 7.80. The van der Waals surface area contributed by atoms with E-state index in [1.54, 1.807) is 4.90 Å². The number of amides is 1. The summed E-state index contributed by atoms with van der Waals surface area (Å²) in [5, 5.41) is 12.2. The lowest BCUT2D eigenvalue weighted by atomic mass is 9.76. The lowest BCUT2D eigenvalue weighted by Gasteiger charge is -2.48. The number of thiol groups is 1. The summed E-state index contributed by atoms with van der Waals surface area (Å²) in [6, 6.07) is 30.7. The van der Waals surface area contributed by atoms with Gasteiger partial charge in [0, 0.05) is 76.9 Å². The van der Waals surface area contributed by atoms with Crippen LogP contribution >= 0.6 is 12.6 Å². The molecule has 0 bridgehead atoms. The van der Waals surface area contributed by atoms with Crippen molar-refractivity contribution in [2.75, 3.05) is 32.1 Å². The summed E-state index contributed by atoms with van der Waals surface area (Å²) >= 11 is 4.83. The lowest BCUT2D eigenvalue weighted by Crippen LogP contribution is -2.63. The molecule has 1 fully saturated rings. The van der Waals surface area contributed by atoms with Crippen LogP contribution in [0.25, 0.3) is 0 Å². The highest BCUT2D eigenvalue weighted by atomic mass is 32.1. The second-order valence-corrected chi connectivity index (χ2v) is 18.6. The third-order valence-electron chi connectivity index (χ3n) is 13.9. The molecule has 3 atom stereocenters. The predicted molar refractivity (Wildman–Crippen MR) is 256 cm³/mol. The minimum Gasteiger partial charge on any atom is -0.377 e. The first-order valence-electron chi connectivity index (χ1n) is 22.2. The Kier molecular flexibility index (Phi) is 12.0. The van der Waals surface area contributed by atoms with E-state index < -0.39 is 28.5 Å². The molecule has 324 valence electrons. The van der Waals surface area contributed by atoms with Gasteiger partial charge in [0.25, 0.3) is 0 Å². The molecule has 0 aromatic heterocycles. The van der Waals surface area contributed by atoms with Crippen molar-refractivity contribution < 1.29 is 24.1 Å². The van der Waals surface area contributed by atoms with Crippen LogP contribution < -0.4 is 4.90 Å². The summed E-state index contributed by atoms with van der Waals surface area (Å²) in [7, 11) is 4.13. The molecule has 2 unspecified atom stereocenters. The number of nitrogens with zero attached hydrogens (tertiary/aromatic N) is 4. The number of hydrogen-bond donors (Lipinski definition) is 2. The molecule has 1 saturated heterocycles. The first-order valence-corrected chi connectivity index (χ1v) is 22.7. The van der Waals surface area contributed by atoms with Crippen LogP contribution in [0, 0.1) is 5.92 Å². The van der Waals surface area contributed by atoms with Gasteiger partial charge in [-0.15, -0.1) is 12.6 Å². The van der Waals surface area contributed by atoms with E-state index in [2.05, 4.69) is 75.6 Å². The Morgan fingerprint density at radius 1 is 0.778 bits per heavy atom. The molecule has 1 amide bonds. The van der Waals surface area contributed by atoms with Crippen LogP contribution in [-0.2, 0) is 15.6 Å². The standard InChI is InChI=1S/C54H58N4O4S/c1-9-57-50(61)47(51(62)58(10-2)52(57)63)46-34(26-30-44-53(3,4)40-32-38(24-28-42(40)55(44)7)48(59)36-18-13-11-14-19-36)22-17-23-35(46)27-31-45-54(5,6)41-33-39(25-29-43(41)56(45)8)49(60)37-20-15-12-16-21-37/h11-16,18-21,24-33,47,50,52,61H,9-10,17,22-23H2,1-8H3/p+1/t47?,50?,52-/m0/s1. The number of benzene rings is 4. The Bertz CT molecular complexity index is 2660. The lowest BCUT2D eigenvalue weighted by molar-refractivity contribution is -0.401. The van der Waals surface area contributed by atoms with E-state index in [1.807, 2.05) is 116 Å². The molecule has 9 heteroatoms. The van der Waals surface area contributed by atoms with Gasteiger partial charge in [-0.1, -0.05) is 93.6 Å². The van der Waals surface area contributed by atoms with Crippen LogP contribution in [0.5, 0.6) is 0 Å². The van der Waals surface area contributed by atoms with E-state index in [0.717, 1.165) is 69.9 Å². The molecule has 8 rings (SSSR count). The Balaban J connectivity index is 1.20. The number of carbonyl (C=O) groups excluding carboxylic acids is 3. The average molecular weight is 860 g/mol. The molecule has 0 spiro atoms. The van der Waals surface area contributed by atoms with Crippen molar-refractivity contribution in [3.05, 3.63) is 177 Å². The summed E-state index contributed by atoms with van der Waals surface area (Å²) in [5.41, 5.74) is 10.5. The third-order valence-corrected chi connectivity index (χ3v) is 14.5. The number of fused-ring (bicyclic) bond motifs is 2. The molecule has 4 aromatic rings. The molecule has 0 radical (unpaired) electrons. The SMILES string of the molecule is CCN1C(=O)C(C2=C(C=CC3=[N+](C)c4ccc(C(=O)c5ccccc5)cc4C3(C)C)CCCC2=CC=C2N(C)c3ccc(C(=O)c4ccccc4)cc3C2(C)C)C(O)N(CC)[C@@H]1S. The molecule has 63 heavy (non-hydrogen) atoms. The summed E-state index contributed by atoms with van der Waals surface area (Å²) < 4.78 is 2.20. The smallest absolute Gasteiger partial charge is 0.236 e. The van der Waals surface area contributed by atoms with Crippen molar-refractivity contribution in [3.8, 4) is 0 Å². The fourth-order valence-electron chi connectivity index (χ4n) is 10.4. The molecule has 0 saturated carbocycles. The maximum Gasteiger partial charge on any atom is 0.236 e. The predicted octanol–water partition coefficient (Wildman–Crippen LogP) is 9.76. The number of anilines is 1. The van der Waals surface area contributed by atoms with E-state index in [4.69, 9.17) is 12.6 Å². The van der Waals surface area contributed by atoms with Crippen molar-refractivity contribution in [1.29, 1.82) is 0 Å². The zero-order valence-corrected chi connectivity index (χ0v) is 38.6. The van der Waals surface area contributed by atoms with Crippen LogP contribution in [0.15, 0.2) is 144 Å². The van der Waals surface area contributed by atoms with E-state index in [1.165, 1.54) is 0 Å². The topological polar surface area (TPSA) is 84.2 Å². The van der Waals surface area contributed by atoms with Gasteiger partial charge < -0.3 is 14.9 Å². The van der Waals surface area contributed by atoms with Gasteiger partial charge in [-0.25, -0.2) is 4.90 Å². The summed E-state index contributed by atoms with van der Waals surface area (Å²) in [6.45, 7) is 13.7. The van der Waals surface area contributed by atoms with Crippen LogP contribution in [0.2, 0.25) is 0 Å². The number of likely N-dealkylation sites (N-methyl/N-ethyl adjacent to an activating group) is 1. The molecular formula is C54H59N4O4S+. The maximum atomic E-state index is 14.6.